The molecule has 0 aliphatic carbocycles. The number of carbonyl (C=O) groups excluding carboxylic acids is 2. The van der Waals surface area contributed by atoms with Crippen molar-refractivity contribution in [1.29, 1.82) is 0 Å². The maximum absolute atomic E-state index is 12.3. The molecule has 164 valence electrons. The Morgan fingerprint density at radius 2 is 1.93 bits per heavy atom. The molecule has 1 heterocycles. The molecule has 2 rings (SSSR count). The first kappa shape index (κ1) is 23.4. The number of aryl methyl sites for hydroxylation is 1. The quantitative estimate of drug-likeness (QED) is 0.163. The minimum atomic E-state index is -1.58. The molecule has 0 radical (unpaired) electrons. The molecule has 9 N–H and O–H groups in total. The van der Waals surface area contributed by atoms with E-state index in [1.165, 1.54) is 24.0 Å². The van der Waals surface area contributed by atoms with Gasteiger partial charge >= 0.3 is 13.1 Å². The summed E-state index contributed by atoms with van der Waals surface area (Å²) in [6.45, 7) is 1.80. The van der Waals surface area contributed by atoms with E-state index in [0.29, 0.717) is 0 Å². The highest BCUT2D eigenvalue weighted by Gasteiger charge is 2.36. The Labute approximate surface area is 172 Å². The molecule has 0 spiro atoms. The fourth-order valence-corrected chi connectivity index (χ4v) is 2.92. The zero-order valence-corrected chi connectivity index (χ0v) is 16.3. The highest BCUT2D eigenvalue weighted by molar-refractivity contribution is 6.41. The first-order valence-corrected chi connectivity index (χ1v) is 9.22. The van der Waals surface area contributed by atoms with Crippen LogP contribution >= 0.6 is 0 Å². The number of likely N-dealkylation sites (tertiary alicyclic amines) is 1. The van der Waals surface area contributed by atoms with Crippen LogP contribution in [0.25, 0.3) is 0 Å². The van der Waals surface area contributed by atoms with Crippen molar-refractivity contribution in [3.63, 3.8) is 0 Å². The van der Waals surface area contributed by atoms with Crippen LogP contribution < -0.4 is 21.5 Å². The van der Waals surface area contributed by atoms with Crippen LogP contribution in [0.1, 0.15) is 22.8 Å². The first-order valence-electron chi connectivity index (χ1n) is 9.22. The number of carboxylic acids is 1. The molecule has 1 saturated heterocycles. The smallest absolute Gasteiger partial charge is 0.451 e. The Morgan fingerprint density at radius 1 is 1.30 bits per heavy atom. The Hall–Kier alpha value is -2.87. The van der Waals surface area contributed by atoms with Crippen LogP contribution in [-0.4, -0.2) is 81.5 Å². The van der Waals surface area contributed by atoms with E-state index in [-0.39, 0.29) is 43.1 Å². The fourth-order valence-electron chi connectivity index (χ4n) is 2.92. The van der Waals surface area contributed by atoms with Gasteiger partial charge in [0, 0.05) is 0 Å². The molecule has 1 aliphatic rings. The zero-order chi connectivity index (χ0) is 22.6. The third kappa shape index (κ3) is 5.60. The first-order chi connectivity index (χ1) is 14.0. The Kier molecular flexibility index (Phi) is 7.62. The number of carboxylic acid groups (broad SMARTS) is 1. The maximum Gasteiger partial charge on any atom is 0.451 e. The number of nitrogens with two attached hydrogens (primary N) is 2. The second-order valence-electron chi connectivity index (χ2n) is 7.01. The van der Waals surface area contributed by atoms with Gasteiger partial charge in [0.05, 0.1) is 13.1 Å². The second kappa shape index (κ2) is 9.76. The number of hydrogen-bond acceptors (Lipinski definition) is 9. The van der Waals surface area contributed by atoms with Gasteiger partial charge < -0.3 is 46.7 Å². The Morgan fingerprint density at radius 3 is 2.47 bits per heavy atom. The lowest BCUT2D eigenvalue weighted by atomic mass is 9.82. The predicted molar refractivity (Wildman–Crippen MR) is 105 cm³/mol. The average Bonchev–Trinajstić information content (AvgIpc) is 2.62. The largest absolute Gasteiger partial charge is 0.507 e. The van der Waals surface area contributed by atoms with Gasteiger partial charge in [0.2, 0.25) is 5.91 Å². The van der Waals surface area contributed by atoms with Gasteiger partial charge in [-0.2, -0.15) is 0 Å². The van der Waals surface area contributed by atoms with Crippen LogP contribution in [0.5, 0.6) is 11.5 Å². The molecule has 1 aromatic carbocycles. The minimum Gasteiger partial charge on any atom is -0.507 e. The molecule has 0 bridgehead atoms. The molecule has 0 aromatic heterocycles. The van der Waals surface area contributed by atoms with Gasteiger partial charge in [0.1, 0.15) is 35.4 Å². The molecular formula is C17H25BN4O8. The van der Waals surface area contributed by atoms with Crippen molar-refractivity contribution in [2.75, 3.05) is 13.1 Å². The molecule has 12 nitrogen and oxygen atoms in total. The summed E-state index contributed by atoms with van der Waals surface area (Å²) in [6.07, 6.45) is -1.75. The second-order valence-corrected chi connectivity index (χ2v) is 7.01. The summed E-state index contributed by atoms with van der Waals surface area (Å²) in [5.41, 5.74) is 10.3. The van der Waals surface area contributed by atoms with Crippen molar-refractivity contribution in [2.45, 2.75) is 38.0 Å². The summed E-state index contributed by atoms with van der Waals surface area (Å²) in [5.74, 6) is -3.03. The molecule has 1 aliphatic heterocycles. The van der Waals surface area contributed by atoms with Crippen molar-refractivity contribution in [1.82, 2.24) is 10.2 Å². The number of benzene rings is 1. The molecule has 1 unspecified atom stereocenters. The van der Waals surface area contributed by atoms with Crippen molar-refractivity contribution in [3.8, 4) is 11.5 Å². The number of amides is 2. The number of ether oxygens (including phenoxy) is 1. The van der Waals surface area contributed by atoms with Crippen LogP contribution in [0.4, 0.5) is 0 Å². The number of aromatic carboxylic acids is 1. The maximum atomic E-state index is 12.3. The van der Waals surface area contributed by atoms with Gasteiger partial charge in [-0.1, -0.05) is 6.07 Å². The number of carbonyl (C=O) groups is 3. The van der Waals surface area contributed by atoms with Crippen LogP contribution in [0, 0.1) is 0 Å². The molecular weight excluding hydrogens is 399 g/mol. The van der Waals surface area contributed by atoms with E-state index in [0.717, 1.165) is 0 Å². The predicted octanol–water partition coefficient (Wildman–Crippen LogP) is -2.56. The molecule has 0 saturated carbocycles. The summed E-state index contributed by atoms with van der Waals surface area (Å²) in [4.78, 5) is 36.7. The summed E-state index contributed by atoms with van der Waals surface area (Å²) >= 11 is 0. The minimum absolute atomic E-state index is 0.0613. The summed E-state index contributed by atoms with van der Waals surface area (Å²) in [7, 11) is -1.58. The van der Waals surface area contributed by atoms with E-state index in [9.17, 15) is 24.6 Å². The SMILES string of the molecule is CC(NC(=O)C(N)N)C(=O)N1CC(Oc2ccc(CCB(O)O)c(O)c2C(=O)O)C1. The lowest BCUT2D eigenvalue weighted by molar-refractivity contribution is -0.143. The normalized spacial score (nSPS) is 14.8. The van der Waals surface area contributed by atoms with Gasteiger partial charge in [-0.25, -0.2) is 4.79 Å². The van der Waals surface area contributed by atoms with Crippen molar-refractivity contribution in [2.24, 2.45) is 11.5 Å². The van der Waals surface area contributed by atoms with Gasteiger partial charge in [0.25, 0.3) is 5.91 Å². The molecule has 30 heavy (non-hydrogen) atoms. The zero-order valence-electron chi connectivity index (χ0n) is 16.3. The van der Waals surface area contributed by atoms with Gasteiger partial charge in [-0.05, 0) is 31.3 Å². The van der Waals surface area contributed by atoms with E-state index in [4.69, 9.17) is 26.3 Å². The Bertz CT molecular complexity index is 813. The lowest BCUT2D eigenvalue weighted by Gasteiger charge is -2.40. The van der Waals surface area contributed by atoms with Crippen molar-refractivity contribution >= 4 is 24.9 Å². The van der Waals surface area contributed by atoms with Gasteiger partial charge in [-0.15, -0.1) is 0 Å². The number of nitrogens with one attached hydrogen (secondary N) is 1. The fraction of sp³-hybridized carbons (Fsp3) is 0.471. The third-order valence-corrected chi connectivity index (χ3v) is 4.59. The van der Waals surface area contributed by atoms with Crippen LogP contribution in [0.15, 0.2) is 12.1 Å². The highest BCUT2D eigenvalue weighted by Crippen LogP contribution is 2.34. The lowest BCUT2D eigenvalue weighted by Crippen LogP contribution is -2.61. The number of aromatic hydroxyl groups is 1. The molecule has 13 heteroatoms. The van der Waals surface area contributed by atoms with E-state index >= 15 is 0 Å². The van der Waals surface area contributed by atoms with E-state index < -0.39 is 48.6 Å². The number of phenols is 1. The third-order valence-electron chi connectivity index (χ3n) is 4.59. The van der Waals surface area contributed by atoms with Crippen molar-refractivity contribution in [3.05, 3.63) is 23.3 Å². The van der Waals surface area contributed by atoms with E-state index in [2.05, 4.69) is 5.32 Å². The highest BCUT2D eigenvalue weighted by atomic mass is 16.5. The summed E-state index contributed by atoms with van der Waals surface area (Å²) < 4.78 is 5.62. The number of nitrogens with zero attached hydrogens (tertiary/aromatic N) is 1. The summed E-state index contributed by atoms with van der Waals surface area (Å²) in [5, 5.41) is 40.0. The van der Waals surface area contributed by atoms with E-state index in [1.807, 2.05) is 0 Å². The van der Waals surface area contributed by atoms with E-state index in [1.54, 1.807) is 0 Å². The van der Waals surface area contributed by atoms with Gasteiger partial charge in [0.15, 0.2) is 0 Å². The summed E-state index contributed by atoms with van der Waals surface area (Å²) in [6, 6.07) is 1.97. The van der Waals surface area contributed by atoms with Crippen LogP contribution in [0.3, 0.4) is 0 Å². The van der Waals surface area contributed by atoms with Crippen LogP contribution in [-0.2, 0) is 16.0 Å². The average molecular weight is 424 g/mol. The molecule has 1 atom stereocenters. The molecule has 1 fully saturated rings. The topological polar surface area (TPSA) is 209 Å². The van der Waals surface area contributed by atoms with Crippen molar-refractivity contribution < 1.29 is 39.4 Å². The number of rotatable bonds is 9. The molecule has 2 amide bonds. The van der Waals surface area contributed by atoms with Crippen LogP contribution in [0.2, 0.25) is 6.32 Å². The standard InChI is InChI=1S/C17H25BN4O8/c1-8(21-15(24)14(19)20)16(25)22-6-10(7-22)30-11-3-2-9(4-5-18(28)29)13(23)12(11)17(26)27/h2-3,8,10,14,23,28-29H,4-7,19-20H2,1H3,(H,21,24)(H,26,27). The van der Waals surface area contributed by atoms with Gasteiger partial charge in [-0.3, -0.25) is 9.59 Å². The molecule has 1 aromatic rings. The number of hydrogen-bond donors (Lipinski definition) is 7. The Balaban J connectivity index is 2.00. The monoisotopic (exact) mass is 424 g/mol.